The molecule has 3 aromatic rings. The number of hydrogen-bond donors (Lipinski definition) is 0. The second-order valence-electron chi connectivity index (χ2n) is 5.75. The van der Waals surface area contributed by atoms with Crippen LogP contribution in [0.5, 0.6) is 5.75 Å². The molecular formula is C21H17FO2. The summed E-state index contributed by atoms with van der Waals surface area (Å²) in [6, 6.07) is 19.3. The Morgan fingerprint density at radius 2 is 1.62 bits per heavy atom. The van der Waals surface area contributed by atoms with Crippen LogP contribution in [-0.4, -0.2) is 5.97 Å². The Morgan fingerprint density at radius 1 is 0.875 bits per heavy atom. The molecular weight excluding hydrogens is 303 g/mol. The van der Waals surface area contributed by atoms with E-state index in [4.69, 9.17) is 4.74 Å². The van der Waals surface area contributed by atoms with Gasteiger partial charge < -0.3 is 4.74 Å². The molecule has 2 nitrogen and oxygen atoms in total. The van der Waals surface area contributed by atoms with Gasteiger partial charge in [0.1, 0.15) is 11.6 Å². The third kappa shape index (κ3) is 3.51. The van der Waals surface area contributed by atoms with E-state index in [1.165, 1.54) is 29.8 Å². The van der Waals surface area contributed by atoms with E-state index >= 15 is 0 Å². The van der Waals surface area contributed by atoms with Gasteiger partial charge in [0, 0.05) is 0 Å². The molecule has 0 aliphatic carbocycles. The highest BCUT2D eigenvalue weighted by atomic mass is 19.1. The lowest BCUT2D eigenvalue weighted by molar-refractivity contribution is 0.0733. The molecule has 0 heterocycles. The van der Waals surface area contributed by atoms with E-state index in [-0.39, 0.29) is 5.56 Å². The third-order valence-corrected chi connectivity index (χ3v) is 3.79. The maximum Gasteiger partial charge on any atom is 0.343 e. The number of rotatable bonds is 3. The minimum Gasteiger partial charge on any atom is -0.423 e. The van der Waals surface area contributed by atoms with Crippen LogP contribution in [0, 0.1) is 19.7 Å². The van der Waals surface area contributed by atoms with Gasteiger partial charge in [-0.05, 0) is 60.9 Å². The van der Waals surface area contributed by atoms with Gasteiger partial charge in [0.2, 0.25) is 0 Å². The summed E-state index contributed by atoms with van der Waals surface area (Å²) in [5.41, 5.74) is 4.39. The van der Waals surface area contributed by atoms with Gasteiger partial charge in [-0.2, -0.15) is 0 Å². The second kappa shape index (κ2) is 6.67. The largest absolute Gasteiger partial charge is 0.423 e. The Labute approximate surface area is 140 Å². The van der Waals surface area contributed by atoms with Gasteiger partial charge in [0.05, 0.1) is 5.56 Å². The summed E-state index contributed by atoms with van der Waals surface area (Å²) >= 11 is 0. The Morgan fingerprint density at radius 3 is 2.33 bits per heavy atom. The maximum atomic E-state index is 13.2. The van der Waals surface area contributed by atoms with E-state index in [1.807, 2.05) is 44.2 Å². The SMILES string of the molecule is Cc1cccc(-c2ccc(OC(=O)c3cccc(F)c3)c(C)c2)c1. The van der Waals surface area contributed by atoms with Crippen molar-refractivity contribution in [1.82, 2.24) is 0 Å². The lowest BCUT2D eigenvalue weighted by atomic mass is 10.0. The first-order valence-electron chi connectivity index (χ1n) is 7.68. The predicted molar refractivity (Wildman–Crippen MR) is 92.7 cm³/mol. The summed E-state index contributed by atoms with van der Waals surface area (Å²) in [6.07, 6.45) is 0. The number of carbonyl (C=O) groups excluding carboxylic acids is 1. The zero-order valence-corrected chi connectivity index (χ0v) is 13.5. The van der Waals surface area contributed by atoms with Crippen LogP contribution in [0.3, 0.4) is 0 Å². The first kappa shape index (κ1) is 15.9. The Balaban J connectivity index is 1.84. The van der Waals surface area contributed by atoms with Crippen molar-refractivity contribution in [3.05, 3.63) is 89.2 Å². The van der Waals surface area contributed by atoms with Crippen molar-refractivity contribution < 1.29 is 13.9 Å². The highest BCUT2D eigenvalue weighted by Gasteiger charge is 2.11. The van der Waals surface area contributed by atoms with Crippen molar-refractivity contribution in [1.29, 1.82) is 0 Å². The molecule has 0 amide bonds. The lowest BCUT2D eigenvalue weighted by Crippen LogP contribution is -2.09. The Kier molecular flexibility index (Phi) is 4.43. The molecule has 0 N–H and O–H groups in total. The minimum atomic E-state index is -0.569. The molecule has 24 heavy (non-hydrogen) atoms. The fraction of sp³-hybridized carbons (Fsp3) is 0.0952. The second-order valence-corrected chi connectivity index (χ2v) is 5.75. The molecule has 0 spiro atoms. The smallest absolute Gasteiger partial charge is 0.343 e. The highest BCUT2D eigenvalue weighted by Crippen LogP contribution is 2.27. The van der Waals surface area contributed by atoms with E-state index < -0.39 is 11.8 Å². The number of halogens is 1. The molecule has 0 bridgehead atoms. The maximum absolute atomic E-state index is 13.2. The Bertz CT molecular complexity index is 900. The summed E-state index contributed by atoms with van der Waals surface area (Å²) in [6.45, 7) is 3.93. The van der Waals surface area contributed by atoms with E-state index in [1.54, 1.807) is 6.07 Å². The van der Waals surface area contributed by atoms with Gasteiger partial charge in [0.15, 0.2) is 0 Å². The summed E-state index contributed by atoms with van der Waals surface area (Å²) < 4.78 is 18.6. The molecule has 0 atom stereocenters. The molecule has 0 aliphatic heterocycles. The van der Waals surface area contributed by atoms with Crippen molar-refractivity contribution in [2.24, 2.45) is 0 Å². The molecule has 0 unspecified atom stereocenters. The molecule has 0 saturated carbocycles. The van der Waals surface area contributed by atoms with Crippen LogP contribution in [0.2, 0.25) is 0 Å². The van der Waals surface area contributed by atoms with Gasteiger partial charge >= 0.3 is 5.97 Å². The Hall–Kier alpha value is -2.94. The fourth-order valence-electron chi connectivity index (χ4n) is 2.54. The van der Waals surface area contributed by atoms with Crippen LogP contribution in [0.15, 0.2) is 66.7 Å². The van der Waals surface area contributed by atoms with Gasteiger partial charge in [-0.25, -0.2) is 9.18 Å². The van der Waals surface area contributed by atoms with Crippen LogP contribution in [-0.2, 0) is 0 Å². The van der Waals surface area contributed by atoms with Gasteiger partial charge in [-0.1, -0.05) is 42.0 Å². The van der Waals surface area contributed by atoms with Crippen molar-refractivity contribution >= 4 is 5.97 Å². The van der Waals surface area contributed by atoms with Gasteiger partial charge in [-0.15, -0.1) is 0 Å². The van der Waals surface area contributed by atoms with Crippen LogP contribution in [0.4, 0.5) is 4.39 Å². The van der Waals surface area contributed by atoms with Crippen LogP contribution in [0.1, 0.15) is 21.5 Å². The molecule has 120 valence electrons. The van der Waals surface area contributed by atoms with Gasteiger partial charge in [-0.3, -0.25) is 0 Å². The molecule has 3 aromatic carbocycles. The average molecular weight is 320 g/mol. The van der Waals surface area contributed by atoms with Crippen LogP contribution >= 0.6 is 0 Å². The van der Waals surface area contributed by atoms with Crippen LogP contribution < -0.4 is 4.74 Å². The first-order chi connectivity index (χ1) is 11.5. The van der Waals surface area contributed by atoms with E-state index in [2.05, 4.69) is 6.07 Å². The zero-order chi connectivity index (χ0) is 17.1. The molecule has 0 fully saturated rings. The summed E-state index contributed by atoms with van der Waals surface area (Å²) in [5.74, 6) is -0.558. The number of ether oxygens (including phenoxy) is 1. The van der Waals surface area contributed by atoms with Crippen molar-refractivity contribution in [2.75, 3.05) is 0 Å². The first-order valence-corrected chi connectivity index (χ1v) is 7.68. The molecule has 0 radical (unpaired) electrons. The minimum absolute atomic E-state index is 0.192. The lowest BCUT2D eigenvalue weighted by Gasteiger charge is -2.10. The van der Waals surface area contributed by atoms with E-state index in [0.29, 0.717) is 5.75 Å². The van der Waals surface area contributed by atoms with Gasteiger partial charge in [0.25, 0.3) is 0 Å². The van der Waals surface area contributed by atoms with Crippen molar-refractivity contribution in [3.63, 3.8) is 0 Å². The number of esters is 1. The van der Waals surface area contributed by atoms with Crippen molar-refractivity contribution in [2.45, 2.75) is 13.8 Å². The standard InChI is InChI=1S/C21H17FO2/c1-14-5-3-6-16(11-14)17-9-10-20(15(2)12-17)24-21(23)18-7-4-8-19(22)13-18/h3-13H,1-2H3. The number of benzene rings is 3. The summed E-state index contributed by atoms with van der Waals surface area (Å²) in [4.78, 5) is 12.1. The summed E-state index contributed by atoms with van der Waals surface area (Å²) in [5, 5.41) is 0. The zero-order valence-electron chi connectivity index (χ0n) is 13.5. The van der Waals surface area contributed by atoms with E-state index in [0.717, 1.165) is 16.7 Å². The van der Waals surface area contributed by atoms with E-state index in [9.17, 15) is 9.18 Å². The fourth-order valence-corrected chi connectivity index (χ4v) is 2.54. The number of carbonyl (C=O) groups is 1. The third-order valence-electron chi connectivity index (χ3n) is 3.79. The summed E-state index contributed by atoms with van der Waals surface area (Å²) in [7, 11) is 0. The molecule has 3 rings (SSSR count). The molecule has 3 heteroatoms. The monoisotopic (exact) mass is 320 g/mol. The number of aryl methyl sites for hydroxylation is 2. The predicted octanol–water partition coefficient (Wildman–Crippen LogP) is 5.33. The normalized spacial score (nSPS) is 10.5. The molecule has 0 aliphatic rings. The number of hydrogen-bond acceptors (Lipinski definition) is 2. The molecule has 0 aromatic heterocycles. The van der Waals surface area contributed by atoms with Crippen LogP contribution in [0.25, 0.3) is 11.1 Å². The topological polar surface area (TPSA) is 26.3 Å². The van der Waals surface area contributed by atoms with Crippen molar-refractivity contribution in [3.8, 4) is 16.9 Å². The quantitative estimate of drug-likeness (QED) is 0.482. The molecule has 0 saturated heterocycles. The highest BCUT2D eigenvalue weighted by molar-refractivity contribution is 5.91. The average Bonchev–Trinajstić information content (AvgIpc) is 2.56.